The van der Waals surface area contributed by atoms with Crippen molar-refractivity contribution >= 4 is 27.5 Å². The molecule has 0 aliphatic carbocycles. The molecule has 0 aliphatic rings. The van der Waals surface area contributed by atoms with Crippen molar-refractivity contribution in [3.8, 4) is 0 Å². The van der Waals surface area contributed by atoms with Crippen LogP contribution in [0.25, 0.3) is 0 Å². The van der Waals surface area contributed by atoms with Crippen molar-refractivity contribution < 1.29 is 18.0 Å². The number of amides is 2. The van der Waals surface area contributed by atoms with E-state index in [4.69, 9.17) is 0 Å². The van der Waals surface area contributed by atoms with E-state index in [0.29, 0.717) is 22.4 Å². The van der Waals surface area contributed by atoms with Crippen LogP contribution in [0.15, 0.2) is 71.9 Å². The van der Waals surface area contributed by atoms with Gasteiger partial charge in [-0.05, 0) is 61.4 Å². The van der Waals surface area contributed by atoms with E-state index < -0.39 is 10.0 Å². The van der Waals surface area contributed by atoms with Crippen molar-refractivity contribution in [1.82, 2.24) is 15.0 Å². The van der Waals surface area contributed by atoms with Crippen LogP contribution < -0.4 is 15.4 Å². The van der Waals surface area contributed by atoms with E-state index in [2.05, 4.69) is 20.3 Å². The van der Waals surface area contributed by atoms with Gasteiger partial charge in [0.1, 0.15) is 0 Å². The minimum atomic E-state index is -3.68. The molecule has 1 aromatic heterocycles. The topological polar surface area (TPSA) is 117 Å². The molecule has 0 saturated heterocycles. The molecule has 0 fully saturated rings. The van der Waals surface area contributed by atoms with Crippen LogP contribution in [-0.2, 0) is 10.0 Å². The van der Waals surface area contributed by atoms with Crippen molar-refractivity contribution in [2.24, 2.45) is 0 Å². The summed E-state index contributed by atoms with van der Waals surface area (Å²) in [5, 5.41) is 5.39. The van der Waals surface area contributed by atoms with Gasteiger partial charge in [0.05, 0.1) is 10.5 Å². The Morgan fingerprint density at radius 2 is 1.69 bits per heavy atom. The molecule has 8 nitrogen and oxygen atoms in total. The molecule has 2 amide bonds. The predicted octanol–water partition coefficient (Wildman–Crippen LogP) is 2.66. The van der Waals surface area contributed by atoms with Gasteiger partial charge in [-0.2, -0.15) is 0 Å². The molecule has 3 rings (SSSR count). The fourth-order valence-corrected chi connectivity index (χ4v) is 4.34. The number of sulfonamides is 1. The maximum Gasteiger partial charge on any atom is 0.257 e. The summed E-state index contributed by atoms with van der Waals surface area (Å²) in [6.45, 7) is 3.70. The highest BCUT2D eigenvalue weighted by molar-refractivity contribution is 7.89. The standard InChI is InChI=1S/C23H24N4O4S/c1-16-8-9-17(2)21(13-16)32(30,31)26-12-11-25-22(28)18-5-3-7-20(14-18)27-23(29)19-6-4-10-24-15-19/h3-10,13-15,26H,11-12H2,1-2H3,(H,25,28)(H,27,29). The van der Waals surface area contributed by atoms with Gasteiger partial charge in [0.25, 0.3) is 11.8 Å². The van der Waals surface area contributed by atoms with Crippen LogP contribution in [0.3, 0.4) is 0 Å². The lowest BCUT2D eigenvalue weighted by molar-refractivity contribution is 0.0953. The summed E-state index contributed by atoms with van der Waals surface area (Å²) < 4.78 is 27.5. The molecule has 32 heavy (non-hydrogen) atoms. The Bertz CT molecular complexity index is 1230. The Balaban J connectivity index is 1.54. The number of carbonyl (C=O) groups excluding carboxylic acids is 2. The Kier molecular flexibility index (Phi) is 7.34. The van der Waals surface area contributed by atoms with Gasteiger partial charge in [-0.3, -0.25) is 14.6 Å². The zero-order valence-electron chi connectivity index (χ0n) is 17.8. The van der Waals surface area contributed by atoms with Crippen LogP contribution in [0, 0.1) is 13.8 Å². The van der Waals surface area contributed by atoms with Crippen molar-refractivity contribution in [3.05, 3.63) is 89.2 Å². The number of hydrogen-bond donors (Lipinski definition) is 3. The summed E-state index contributed by atoms with van der Waals surface area (Å²) in [6.07, 6.45) is 3.02. The second-order valence-corrected chi connectivity index (χ2v) is 8.93. The normalized spacial score (nSPS) is 11.1. The van der Waals surface area contributed by atoms with Crippen molar-refractivity contribution in [1.29, 1.82) is 0 Å². The van der Waals surface area contributed by atoms with Crippen LogP contribution in [-0.4, -0.2) is 38.3 Å². The highest BCUT2D eigenvalue weighted by Gasteiger charge is 2.16. The third kappa shape index (κ3) is 5.99. The number of hydrogen-bond acceptors (Lipinski definition) is 5. The average molecular weight is 453 g/mol. The smallest absolute Gasteiger partial charge is 0.257 e. The SMILES string of the molecule is Cc1ccc(C)c(S(=O)(=O)NCCNC(=O)c2cccc(NC(=O)c3cccnc3)c2)c1. The lowest BCUT2D eigenvalue weighted by Gasteiger charge is -2.11. The lowest BCUT2D eigenvalue weighted by atomic mass is 10.1. The van der Waals surface area contributed by atoms with Crippen LogP contribution in [0.5, 0.6) is 0 Å². The van der Waals surface area contributed by atoms with Crippen LogP contribution in [0.2, 0.25) is 0 Å². The number of anilines is 1. The number of nitrogens with one attached hydrogen (secondary N) is 3. The zero-order valence-corrected chi connectivity index (χ0v) is 18.6. The first-order valence-electron chi connectivity index (χ1n) is 9.93. The molecule has 3 N–H and O–H groups in total. The third-order valence-electron chi connectivity index (χ3n) is 4.64. The summed E-state index contributed by atoms with van der Waals surface area (Å²) in [5.41, 5.74) is 2.70. The van der Waals surface area contributed by atoms with E-state index in [-0.39, 0.29) is 29.8 Å². The second kappa shape index (κ2) is 10.2. The minimum absolute atomic E-state index is 0.0406. The van der Waals surface area contributed by atoms with E-state index in [0.717, 1.165) is 5.56 Å². The first-order valence-corrected chi connectivity index (χ1v) is 11.4. The monoisotopic (exact) mass is 452 g/mol. The van der Waals surface area contributed by atoms with Crippen molar-refractivity contribution in [3.63, 3.8) is 0 Å². The molecule has 0 atom stereocenters. The molecule has 2 aromatic carbocycles. The number of carbonyl (C=O) groups is 2. The third-order valence-corrected chi connectivity index (χ3v) is 6.25. The number of aromatic nitrogens is 1. The van der Waals surface area contributed by atoms with Gasteiger partial charge in [0.2, 0.25) is 10.0 Å². The van der Waals surface area contributed by atoms with Crippen LogP contribution in [0.4, 0.5) is 5.69 Å². The number of rotatable bonds is 8. The fourth-order valence-electron chi connectivity index (χ4n) is 2.98. The van der Waals surface area contributed by atoms with Gasteiger partial charge in [-0.15, -0.1) is 0 Å². The summed E-state index contributed by atoms with van der Waals surface area (Å²) in [6, 6.07) is 15.0. The molecule has 0 bridgehead atoms. The number of benzene rings is 2. The van der Waals surface area contributed by atoms with Crippen LogP contribution in [0.1, 0.15) is 31.8 Å². The molecule has 0 radical (unpaired) electrons. The minimum Gasteiger partial charge on any atom is -0.351 e. The molecule has 0 aliphatic heterocycles. The molecular weight excluding hydrogens is 428 g/mol. The summed E-state index contributed by atoms with van der Waals surface area (Å²) >= 11 is 0. The number of pyridine rings is 1. The molecule has 9 heteroatoms. The maximum atomic E-state index is 12.5. The first kappa shape index (κ1) is 23.1. The Morgan fingerprint density at radius 3 is 2.44 bits per heavy atom. The lowest BCUT2D eigenvalue weighted by Crippen LogP contribution is -2.35. The van der Waals surface area contributed by atoms with E-state index in [9.17, 15) is 18.0 Å². The molecule has 0 spiro atoms. The van der Waals surface area contributed by atoms with Gasteiger partial charge < -0.3 is 10.6 Å². The Labute approximate surface area is 187 Å². The second-order valence-electron chi connectivity index (χ2n) is 7.20. The van der Waals surface area contributed by atoms with Gasteiger partial charge >= 0.3 is 0 Å². The van der Waals surface area contributed by atoms with E-state index in [1.54, 1.807) is 61.7 Å². The van der Waals surface area contributed by atoms with Gasteiger partial charge in [0, 0.05) is 36.7 Å². The Hall–Kier alpha value is -3.56. The number of nitrogens with zero attached hydrogens (tertiary/aromatic N) is 1. The summed E-state index contributed by atoms with van der Waals surface area (Å²) in [7, 11) is -3.68. The van der Waals surface area contributed by atoms with Crippen LogP contribution >= 0.6 is 0 Å². The van der Waals surface area contributed by atoms with E-state index in [1.165, 1.54) is 6.20 Å². The molecule has 0 saturated carbocycles. The van der Waals surface area contributed by atoms with Gasteiger partial charge in [-0.25, -0.2) is 13.1 Å². The highest BCUT2D eigenvalue weighted by atomic mass is 32.2. The summed E-state index contributed by atoms with van der Waals surface area (Å²) in [4.78, 5) is 28.8. The van der Waals surface area contributed by atoms with E-state index >= 15 is 0 Å². The fraction of sp³-hybridized carbons (Fsp3) is 0.174. The number of aryl methyl sites for hydroxylation is 2. The summed E-state index contributed by atoms with van der Waals surface area (Å²) in [5.74, 6) is -0.718. The first-order chi connectivity index (χ1) is 15.3. The predicted molar refractivity (Wildman–Crippen MR) is 122 cm³/mol. The van der Waals surface area contributed by atoms with Crippen molar-refractivity contribution in [2.75, 3.05) is 18.4 Å². The highest BCUT2D eigenvalue weighted by Crippen LogP contribution is 2.16. The molecule has 1 heterocycles. The largest absolute Gasteiger partial charge is 0.351 e. The average Bonchev–Trinajstić information content (AvgIpc) is 2.79. The molecule has 3 aromatic rings. The molecule has 166 valence electrons. The molecular formula is C23H24N4O4S. The van der Waals surface area contributed by atoms with E-state index in [1.807, 2.05) is 13.0 Å². The Morgan fingerprint density at radius 1 is 0.906 bits per heavy atom. The quantitative estimate of drug-likeness (QED) is 0.454. The maximum absolute atomic E-state index is 12.5. The molecule has 0 unspecified atom stereocenters. The van der Waals surface area contributed by atoms with Gasteiger partial charge in [-0.1, -0.05) is 18.2 Å². The van der Waals surface area contributed by atoms with Gasteiger partial charge in [0.15, 0.2) is 0 Å². The van der Waals surface area contributed by atoms with Crippen molar-refractivity contribution in [2.45, 2.75) is 18.7 Å². The zero-order chi connectivity index (χ0) is 23.1.